The van der Waals surface area contributed by atoms with Gasteiger partial charge in [-0.3, -0.25) is 0 Å². The van der Waals surface area contributed by atoms with Crippen LogP contribution in [0.2, 0.25) is 0 Å². The molecule has 0 saturated carbocycles. The Labute approximate surface area is 109 Å². The number of hydrogen-bond donors (Lipinski definition) is 1. The summed E-state index contributed by atoms with van der Waals surface area (Å²) in [6.45, 7) is 1.37. The van der Waals surface area contributed by atoms with E-state index in [1.807, 2.05) is 35.0 Å². The molecule has 0 bridgehead atoms. The zero-order chi connectivity index (χ0) is 12.9. The van der Waals surface area contributed by atoms with E-state index in [1.54, 1.807) is 12.5 Å². The number of aromatic nitrogens is 6. The normalized spacial score (nSPS) is 10.5. The van der Waals surface area contributed by atoms with Crippen LogP contribution in [0.25, 0.3) is 11.4 Å². The maximum atomic E-state index is 5.64. The van der Waals surface area contributed by atoms with E-state index >= 15 is 0 Å². The van der Waals surface area contributed by atoms with Crippen molar-refractivity contribution in [2.24, 2.45) is 0 Å². The van der Waals surface area contributed by atoms with Crippen LogP contribution < -0.4 is 4.74 Å². The summed E-state index contributed by atoms with van der Waals surface area (Å²) < 4.78 is 7.60. The molecule has 96 valence electrons. The number of imidazole rings is 1. The van der Waals surface area contributed by atoms with Crippen molar-refractivity contribution < 1.29 is 4.74 Å². The van der Waals surface area contributed by atoms with Gasteiger partial charge in [-0.15, -0.1) is 10.2 Å². The molecule has 0 radical (unpaired) electrons. The van der Waals surface area contributed by atoms with Gasteiger partial charge in [0, 0.05) is 18.0 Å². The van der Waals surface area contributed by atoms with E-state index < -0.39 is 0 Å². The van der Waals surface area contributed by atoms with Gasteiger partial charge in [-0.05, 0) is 29.5 Å². The lowest BCUT2D eigenvalue weighted by molar-refractivity contribution is 0.298. The highest BCUT2D eigenvalue weighted by Crippen LogP contribution is 2.18. The number of tetrazole rings is 1. The lowest BCUT2D eigenvalue weighted by atomic mass is 10.2. The van der Waals surface area contributed by atoms with Crippen molar-refractivity contribution in [2.45, 2.75) is 6.54 Å². The van der Waals surface area contributed by atoms with E-state index in [1.165, 1.54) is 0 Å². The second-order valence-electron chi connectivity index (χ2n) is 3.91. The van der Waals surface area contributed by atoms with Crippen LogP contribution in [0.3, 0.4) is 0 Å². The SMILES string of the molecule is c1cn(CCOc2ccc(-c3nn[nH]n3)cc2)cn1. The summed E-state index contributed by atoms with van der Waals surface area (Å²) in [4.78, 5) is 3.97. The smallest absolute Gasteiger partial charge is 0.204 e. The number of benzene rings is 1. The Hall–Kier alpha value is -2.70. The number of hydrogen-bond acceptors (Lipinski definition) is 5. The van der Waals surface area contributed by atoms with Gasteiger partial charge >= 0.3 is 0 Å². The van der Waals surface area contributed by atoms with E-state index in [2.05, 4.69) is 25.6 Å². The first kappa shape index (κ1) is 11.4. The summed E-state index contributed by atoms with van der Waals surface area (Å²) in [6, 6.07) is 7.58. The zero-order valence-corrected chi connectivity index (χ0v) is 10.1. The zero-order valence-electron chi connectivity index (χ0n) is 10.1. The first-order valence-corrected chi connectivity index (χ1v) is 5.84. The van der Waals surface area contributed by atoms with Crippen molar-refractivity contribution in [1.82, 2.24) is 30.2 Å². The molecule has 0 aliphatic rings. The van der Waals surface area contributed by atoms with Crippen molar-refractivity contribution in [3.05, 3.63) is 43.0 Å². The summed E-state index contributed by atoms with van der Waals surface area (Å²) in [7, 11) is 0. The molecule has 2 aromatic heterocycles. The number of ether oxygens (including phenoxy) is 1. The molecule has 0 saturated heterocycles. The number of H-pyrrole nitrogens is 1. The van der Waals surface area contributed by atoms with Crippen LogP contribution in [0.15, 0.2) is 43.0 Å². The molecule has 3 aromatic rings. The van der Waals surface area contributed by atoms with Gasteiger partial charge in [0.05, 0.1) is 12.9 Å². The van der Waals surface area contributed by atoms with Crippen molar-refractivity contribution in [3.63, 3.8) is 0 Å². The lowest BCUT2D eigenvalue weighted by Gasteiger charge is -2.06. The summed E-state index contributed by atoms with van der Waals surface area (Å²) >= 11 is 0. The highest BCUT2D eigenvalue weighted by atomic mass is 16.5. The predicted octanol–water partition coefficient (Wildman–Crippen LogP) is 1.14. The molecule has 0 atom stereocenters. The highest BCUT2D eigenvalue weighted by Gasteiger charge is 2.02. The molecule has 2 heterocycles. The summed E-state index contributed by atoms with van der Waals surface area (Å²) in [6.07, 6.45) is 5.42. The molecular formula is C12H12N6O. The van der Waals surface area contributed by atoms with Crippen molar-refractivity contribution >= 4 is 0 Å². The Morgan fingerprint density at radius 3 is 2.79 bits per heavy atom. The lowest BCUT2D eigenvalue weighted by Crippen LogP contribution is -2.06. The van der Waals surface area contributed by atoms with Crippen LogP contribution >= 0.6 is 0 Å². The minimum atomic E-state index is 0.574. The van der Waals surface area contributed by atoms with Crippen molar-refractivity contribution in [3.8, 4) is 17.1 Å². The Bertz CT molecular complexity index is 602. The molecule has 19 heavy (non-hydrogen) atoms. The van der Waals surface area contributed by atoms with Gasteiger partial charge in [-0.2, -0.15) is 5.21 Å². The monoisotopic (exact) mass is 256 g/mol. The Morgan fingerprint density at radius 1 is 1.21 bits per heavy atom. The van der Waals surface area contributed by atoms with Gasteiger partial charge in [0.2, 0.25) is 5.82 Å². The van der Waals surface area contributed by atoms with Crippen molar-refractivity contribution in [1.29, 1.82) is 0 Å². The highest BCUT2D eigenvalue weighted by molar-refractivity contribution is 5.54. The van der Waals surface area contributed by atoms with Gasteiger partial charge in [-0.1, -0.05) is 0 Å². The van der Waals surface area contributed by atoms with Crippen LogP contribution in [-0.4, -0.2) is 36.8 Å². The number of nitrogens with zero attached hydrogens (tertiary/aromatic N) is 5. The predicted molar refractivity (Wildman–Crippen MR) is 67.3 cm³/mol. The van der Waals surface area contributed by atoms with Crippen LogP contribution in [0, 0.1) is 0 Å². The first-order chi connectivity index (χ1) is 9.42. The molecule has 0 aliphatic carbocycles. The van der Waals surface area contributed by atoms with Gasteiger partial charge in [0.25, 0.3) is 0 Å². The minimum Gasteiger partial charge on any atom is -0.492 e. The summed E-state index contributed by atoms with van der Waals surface area (Å²) in [5.74, 6) is 1.39. The van der Waals surface area contributed by atoms with Crippen LogP contribution in [-0.2, 0) is 6.54 Å². The Kier molecular flexibility index (Phi) is 3.18. The molecular weight excluding hydrogens is 244 g/mol. The third-order valence-corrected chi connectivity index (χ3v) is 2.64. The maximum Gasteiger partial charge on any atom is 0.204 e. The Balaban J connectivity index is 1.57. The fourth-order valence-corrected chi connectivity index (χ4v) is 1.67. The average Bonchev–Trinajstić information content (AvgIpc) is 3.13. The van der Waals surface area contributed by atoms with E-state index in [9.17, 15) is 0 Å². The van der Waals surface area contributed by atoms with Crippen LogP contribution in [0.1, 0.15) is 0 Å². The van der Waals surface area contributed by atoms with E-state index in [0.717, 1.165) is 17.9 Å². The topological polar surface area (TPSA) is 81.5 Å². The third-order valence-electron chi connectivity index (χ3n) is 2.64. The van der Waals surface area contributed by atoms with Gasteiger partial charge in [0.1, 0.15) is 12.4 Å². The molecule has 7 heteroatoms. The quantitative estimate of drug-likeness (QED) is 0.740. The van der Waals surface area contributed by atoms with Crippen molar-refractivity contribution in [2.75, 3.05) is 6.61 Å². The molecule has 0 spiro atoms. The molecule has 1 aromatic carbocycles. The van der Waals surface area contributed by atoms with Crippen LogP contribution in [0.4, 0.5) is 0 Å². The van der Waals surface area contributed by atoms with Gasteiger partial charge in [-0.25, -0.2) is 4.98 Å². The molecule has 7 nitrogen and oxygen atoms in total. The fourth-order valence-electron chi connectivity index (χ4n) is 1.67. The second kappa shape index (κ2) is 5.30. The average molecular weight is 256 g/mol. The number of aromatic amines is 1. The van der Waals surface area contributed by atoms with E-state index in [4.69, 9.17) is 4.74 Å². The van der Waals surface area contributed by atoms with Gasteiger partial charge in [0.15, 0.2) is 0 Å². The largest absolute Gasteiger partial charge is 0.492 e. The maximum absolute atomic E-state index is 5.64. The van der Waals surface area contributed by atoms with E-state index in [0.29, 0.717) is 12.4 Å². The summed E-state index contributed by atoms with van der Waals surface area (Å²) in [5, 5.41) is 13.8. The fraction of sp³-hybridized carbons (Fsp3) is 0.167. The van der Waals surface area contributed by atoms with E-state index in [-0.39, 0.29) is 0 Å². The molecule has 0 aliphatic heterocycles. The summed E-state index contributed by atoms with van der Waals surface area (Å²) in [5.41, 5.74) is 0.899. The molecule has 0 unspecified atom stereocenters. The van der Waals surface area contributed by atoms with Gasteiger partial charge < -0.3 is 9.30 Å². The molecule has 0 amide bonds. The number of nitrogens with one attached hydrogen (secondary N) is 1. The minimum absolute atomic E-state index is 0.574. The first-order valence-electron chi connectivity index (χ1n) is 5.84. The standard InChI is InChI=1S/C12H12N6O/c1-3-11(19-8-7-18-6-5-13-9-18)4-2-10(1)12-14-16-17-15-12/h1-6,9H,7-8H2,(H,14,15,16,17). The Morgan fingerprint density at radius 2 is 2.11 bits per heavy atom. The molecule has 3 rings (SSSR count). The molecule has 0 fully saturated rings. The number of rotatable bonds is 5. The second-order valence-corrected chi connectivity index (χ2v) is 3.91. The van der Waals surface area contributed by atoms with Crippen LogP contribution in [0.5, 0.6) is 5.75 Å². The third kappa shape index (κ3) is 2.76. The molecule has 1 N–H and O–H groups in total.